The van der Waals surface area contributed by atoms with Crippen LogP contribution in [0, 0.1) is 5.92 Å². The molecule has 9 atom stereocenters. The van der Waals surface area contributed by atoms with Crippen molar-refractivity contribution in [1.82, 2.24) is 67.7 Å². The zero-order valence-electron chi connectivity index (χ0n) is 53.6. The maximum Gasteiger partial charge on any atom is 0.245 e. The van der Waals surface area contributed by atoms with Gasteiger partial charge >= 0.3 is 0 Å². The number of para-hydroxylation sites is 1. The van der Waals surface area contributed by atoms with E-state index >= 15 is 9.59 Å². The number of carbonyl (C=O) groups is 11. The number of nitrogens with zero attached hydrogens (tertiary/aromatic N) is 3. The second-order valence-corrected chi connectivity index (χ2v) is 24.3. The van der Waals surface area contributed by atoms with Gasteiger partial charge in [-0.2, -0.15) is 0 Å². The van der Waals surface area contributed by atoms with Crippen molar-refractivity contribution >= 4 is 105 Å². The fourth-order valence-corrected chi connectivity index (χ4v) is 11.6. The number of carbonyl (C=O) groups excluding carboxylic acids is 11. The number of phenolic OH excluding ortho intramolecular Hbond substituents is 1. The van der Waals surface area contributed by atoms with E-state index in [1.807, 2.05) is 36.4 Å². The second kappa shape index (κ2) is 35.2. The number of phenols is 1. The monoisotopic (exact) mass is 1360 g/mol. The fraction of sp³-hybridized carbons (Fsp3) is 0.409. The van der Waals surface area contributed by atoms with Crippen LogP contribution in [0.1, 0.15) is 81.2 Å². The molecule has 0 bridgehead atoms. The van der Waals surface area contributed by atoms with E-state index in [2.05, 4.69) is 67.8 Å². The van der Waals surface area contributed by atoms with E-state index in [4.69, 9.17) is 17.2 Å². The molecule has 19 N–H and O–H groups in total. The quantitative estimate of drug-likeness (QED) is 0.0131. The number of rotatable bonds is 33. The van der Waals surface area contributed by atoms with Gasteiger partial charge in [-0.1, -0.05) is 86.6 Å². The number of aromatic hydroxyl groups is 1. The van der Waals surface area contributed by atoms with Crippen molar-refractivity contribution < 1.29 is 63.0 Å². The summed E-state index contributed by atoms with van der Waals surface area (Å²) in [5, 5.41) is 47.5. The number of amides is 11. The number of primary amides is 1. The number of aliphatic imine (C=N–C) groups is 1. The SMILES string of the molecule is CC(C)CC(NC(=O)C(Cc1ccc2ccccc2c1)NC(=O)C(Cc1ccc(O)cc1)NC(=O)C(CO)NC(=O)C(Cc1c[nH]c2ccccc12)NC(=O)C(Cc1cnc[nH]1)NC(=O)C1CCC(=O)N1)C(=O)NC(CCCN=C(N)N)C(=O)N1CCCC1C(=O)NCC(N)=O.Cl. The molecule has 97 heavy (non-hydrogen) atoms. The molecular weight excluding hydrogens is 1270 g/mol. The lowest BCUT2D eigenvalue weighted by Gasteiger charge is -2.30. The standard InChI is InChI=1S/C66H83N17O13.ClH/c1-36(2)25-48(58(89)76-47(13-7-23-71-66(68)69)65(96)83-24-8-14-54(83)64(95)73-33-55(67)86)77-60(91)50(28-38-15-18-39-9-3-4-10-40(39)26-38)78-59(90)49(27-37-16-19-43(85)20-17-37)79-63(94)53(34-84)82-61(92)51(29-41-31-72-45-12-6-5-11-44(41)45)80-62(93)52(30-42-32-70-35-74-42)81-57(88)46-21-22-56(87)75-46;/h3-6,9-12,15-20,26,31-32,35-36,46-54,72,84-85H,7-8,13-14,21-25,27-30,33-34H2,1-2H3,(H2,67,86)(H,70,74)(H,73,95)(H,75,87)(H,76,89)(H,77,91)(H,78,90)(H,79,94)(H,80,93)(H,81,88)(H,82,92)(H4,68,69,71);1H. The minimum absolute atomic E-state index is 0. The van der Waals surface area contributed by atoms with E-state index in [0.717, 1.165) is 10.8 Å². The van der Waals surface area contributed by atoms with E-state index in [9.17, 15) is 53.4 Å². The number of benzene rings is 4. The Morgan fingerprint density at radius 2 is 1.25 bits per heavy atom. The first-order valence-corrected chi connectivity index (χ1v) is 31.7. The number of H-pyrrole nitrogens is 2. The lowest BCUT2D eigenvalue weighted by Crippen LogP contribution is -2.61. The van der Waals surface area contributed by atoms with Gasteiger partial charge in [0.05, 0.1) is 19.5 Å². The molecule has 30 nitrogen and oxygen atoms in total. The maximum absolute atomic E-state index is 15.1. The van der Waals surface area contributed by atoms with Crippen LogP contribution in [0.5, 0.6) is 5.75 Å². The number of aromatic nitrogens is 3. The molecule has 0 saturated carbocycles. The Balaban J connectivity index is 0.0000133. The van der Waals surface area contributed by atoms with Gasteiger partial charge in [-0.3, -0.25) is 57.7 Å². The Labute approximate surface area is 564 Å². The van der Waals surface area contributed by atoms with Gasteiger partial charge in [-0.25, -0.2) is 4.98 Å². The Morgan fingerprint density at radius 3 is 1.88 bits per heavy atom. The molecule has 2 aliphatic heterocycles. The third-order valence-electron chi connectivity index (χ3n) is 16.5. The van der Waals surface area contributed by atoms with Gasteiger partial charge in [0.2, 0.25) is 65.0 Å². The van der Waals surface area contributed by atoms with Gasteiger partial charge in [0.1, 0.15) is 60.1 Å². The van der Waals surface area contributed by atoms with Gasteiger partial charge in [0.25, 0.3) is 0 Å². The summed E-state index contributed by atoms with van der Waals surface area (Å²) in [6.45, 7) is 2.34. The summed E-state index contributed by atoms with van der Waals surface area (Å²) in [5.41, 5.74) is 19.1. The molecule has 2 fully saturated rings. The summed E-state index contributed by atoms with van der Waals surface area (Å²) < 4.78 is 0. The van der Waals surface area contributed by atoms with Crippen molar-refractivity contribution in [3.8, 4) is 5.75 Å². The van der Waals surface area contributed by atoms with E-state index in [0.29, 0.717) is 39.7 Å². The summed E-state index contributed by atoms with van der Waals surface area (Å²) in [6.07, 6.45) is 4.89. The lowest BCUT2D eigenvalue weighted by atomic mass is 9.98. The minimum Gasteiger partial charge on any atom is -0.508 e. The summed E-state index contributed by atoms with van der Waals surface area (Å²) in [7, 11) is 0. The number of imidazole rings is 1. The normalized spacial score (nSPS) is 16.4. The van der Waals surface area contributed by atoms with Crippen LogP contribution in [0.25, 0.3) is 21.7 Å². The molecule has 2 aliphatic rings. The Morgan fingerprint density at radius 1 is 0.660 bits per heavy atom. The number of aromatic amines is 2. The van der Waals surface area contributed by atoms with Gasteiger partial charge in [-0.15, -0.1) is 12.4 Å². The summed E-state index contributed by atoms with van der Waals surface area (Å²) in [5.74, 6) is -9.01. The molecule has 4 aromatic carbocycles. The lowest BCUT2D eigenvalue weighted by molar-refractivity contribution is -0.142. The van der Waals surface area contributed by atoms with Gasteiger partial charge in [0.15, 0.2) is 5.96 Å². The predicted molar refractivity (Wildman–Crippen MR) is 359 cm³/mol. The second-order valence-electron chi connectivity index (χ2n) is 24.3. The van der Waals surface area contributed by atoms with E-state index in [1.165, 1.54) is 41.7 Å². The van der Waals surface area contributed by atoms with Crippen LogP contribution < -0.4 is 65.1 Å². The van der Waals surface area contributed by atoms with Crippen molar-refractivity contribution in [3.63, 3.8) is 0 Å². The van der Waals surface area contributed by atoms with Crippen LogP contribution in [-0.2, 0) is 78.4 Å². The number of likely N-dealkylation sites (tertiary alicyclic amines) is 1. The summed E-state index contributed by atoms with van der Waals surface area (Å²) in [4.78, 5) is 169. The fourth-order valence-electron chi connectivity index (χ4n) is 11.6. The van der Waals surface area contributed by atoms with Crippen LogP contribution in [0.2, 0.25) is 0 Å². The molecule has 8 rings (SSSR count). The van der Waals surface area contributed by atoms with Crippen LogP contribution >= 0.6 is 12.4 Å². The number of nitrogens with two attached hydrogens (primary N) is 3. The first kappa shape index (κ1) is 73.8. The van der Waals surface area contributed by atoms with Crippen molar-refractivity contribution in [2.45, 2.75) is 139 Å². The third-order valence-corrected chi connectivity index (χ3v) is 16.5. The first-order valence-electron chi connectivity index (χ1n) is 31.7. The number of hydrogen-bond acceptors (Lipinski definition) is 15. The highest BCUT2D eigenvalue weighted by molar-refractivity contribution is 6.00. The number of fused-ring (bicyclic) bond motifs is 2. The number of nitrogens with one attached hydrogen (secondary N) is 11. The van der Waals surface area contributed by atoms with Crippen LogP contribution in [0.15, 0.2) is 115 Å². The van der Waals surface area contributed by atoms with Crippen molar-refractivity contribution in [2.75, 3.05) is 26.2 Å². The van der Waals surface area contributed by atoms with E-state index in [-0.39, 0.29) is 113 Å². The Hall–Kier alpha value is -10.6. The first-order chi connectivity index (χ1) is 46.0. The van der Waals surface area contributed by atoms with Crippen molar-refractivity contribution in [3.05, 3.63) is 132 Å². The van der Waals surface area contributed by atoms with Gasteiger partial charge in [0, 0.05) is 74.2 Å². The Bertz CT molecular complexity index is 3810. The molecule has 0 spiro atoms. The molecule has 0 radical (unpaired) electrons. The van der Waals surface area contributed by atoms with Crippen LogP contribution in [0.4, 0.5) is 0 Å². The largest absolute Gasteiger partial charge is 0.508 e. The average molecular weight is 1360 g/mol. The number of halogens is 1. The van der Waals surface area contributed by atoms with Gasteiger partial charge < -0.3 is 90.1 Å². The molecule has 9 unspecified atom stereocenters. The van der Waals surface area contributed by atoms with E-state index < -0.39 is 127 Å². The zero-order chi connectivity index (χ0) is 69.0. The molecule has 4 heterocycles. The highest BCUT2D eigenvalue weighted by Crippen LogP contribution is 2.23. The predicted octanol–water partition coefficient (Wildman–Crippen LogP) is -1.20. The molecule has 6 aromatic rings. The molecule has 31 heteroatoms. The summed E-state index contributed by atoms with van der Waals surface area (Å²) >= 11 is 0. The minimum atomic E-state index is -1.80. The number of hydrogen-bond donors (Lipinski definition) is 16. The highest BCUT2D eigenvalue weighted by atomic mass is 35.5. The maximum atomic E-state index is 15.1. The number of aliphatic hydroxyl groups excluding tert-OH is 1. The van der Waals surface area contributed by atoms with Crippen molar-refractivity contribution in [1.29, 1.82) is 0 Å². The van der Waals surface area contributed by atoms with Crippen molar-refractivity contribution in [2.24, 2.45) is 28.1 Å². The third kappa shape index (κ3) is 21.2. The van der Waals surface area contributed by atoms with Crippen LogP contribution in [-0.4, -0.2) is 182 Å². The molecule has 0 aliphatic carbocycles. The zero-order valence-corrected chi connectivity index (χ0v) is 54.5. The smallest absolute Gasteiger partial charge is 0.245 e. The number of aliphatic hydroxyl groups is 1. The topological polar surface area (TPSA) is 475 Å². The Kier molecular flexibility index (Phi) is 26.8. The van der Waals surface area contributed by atoms with Gasteiger partial charge in [-0.05, 0) is 90.1 Å². The molecular formula is C66H84ClN17O13. The molecule has 518 valence electrons. The number of guanidine groups is 1. The molecule has 11 amide bonds. The van der Waals surface area contributed by atoms with E-state index in [1.54, 1.807) is 50.4 Å². The average Bonchev–Trinajstić information content (AvgIpc) is 1.73. The highest BCUT2D eigenvalue weighted by Gasteiger charge is 2.40. The van der Waals surface area contributed by atoms with Crippen LogP contribution in [0.3, 0.4) is 0 Å². The molecule has 2 saturated heterocycles. The molecule has 2 aromatic heterocycles. The summed E-state index contributed by atoms with van der Waals surface area (Å²) in [6, 6.07) is 13.5.